The molecule has 108 valence electrons. The van der Waals surface area contributed by atoms with Crippen LogP contribution in [-0.2, 0) is 6.54 Å². The van der Waals surface area contributed by atoms with Crippen molar-refractivity contribution in [2.24, 2.45) is 5.92 Å². The molecule has 0 saturated carbocycles. The lowest BCUT2D eigenvalue weighted by Crippen LogP contribution is -2.18. The molecular formula is C15H21N3OS. The molecule has 0 saturated heterocycles. The fourth-order valence-corrected chi connectivity index (χ4v) is 2.43. The average molecular weight is 291 g/mol. The molecule has 2 aromatic rings. The molecule has 2 aromatic heterocycles. The van der Waals surface area contributed by atoms with Gasteiger partial charge in [0, 0.05) is 12.7 Å². The first-order valence-corrected chi connectivity index (χ1v) is 7.63. The number of nitrogens with zero attached hydrogens (tertiary/aromatic N) is 2. The van der Waals surface area contributed by atoms with Crippen LogP contribution in [0.15, 0.2) is 33.0 Å². The molecule has 0 aromatic carbocycles. The highest BCUT2D eigenvalue weighted by atomic mass is 32.2. The van der Waals surface area contributed by atoms with E-state index in [-0.39, 0.29) is 0 Å². The van der Waals surface area contributed by atoms with E-state index in [4.69, 9.17) is 4.42 Å². The maximum Gasteiger partial charge on any atom is 0.262 e. The van der Waals surface area contributed by atoms with Crippen molar-refractivity contribution in [3.8, 4) is 0 Å². The second kappa shape index (κ2) is 6.90. The number of hydrogen-bond acceptors (Lipinski definition) is 5. The molecule has 0 bridgehead atoms. The van der Waals surface area contributed by atoms with E-state index in [9.17, 15) is 0 Å². The van der Waals surface area contributed by atoms with Crippen LogP contribution in [-0.4, -0.2) is 16.5 Å². The Bertz CT molecular complexity index is 529. The van der Waals surface area contributed by atoms with Crippen LogP contribution >= 0.6 is 11.8 Å². The third-order valence-corrected chi connectivity index (χ3v) is 3.68. The first-order valence-electron chi connectivity index (χ1n) is 6.82. The van der Waals surface area contributed by atoms with Gasteiger partial charge < -0.3 is 9.73 Å². The van der Waals surface area contributed by atoms with Crippen molar-refractivity contribution in [3.63, 3.8) is 0 Å². The van der Waals surface area contributed by atoms with Crippen molar-refractivity contribution in [2.45, 2.75) is 44.5 Å². The Kier molecular flexibility index (Phi) is 5.20. The smallest absolute Gasteiger partial charge is 0.262 e. The molecule has 0 atom stereocenters. The van der Waals surface area contributed by atoms with Gasteiger partial charge in [-0.25, -0.2) is 9.97 Å². The number of aromatic nitrogens is 2. The van der Waals surface area contributed by atoms with Crippen LogP contribution in [0.2, 0.25) is 0 Å². The largest absolute Gasteiger partial charge is 0.436 e. The zero-order chi connectivity index (χ0) is 14.5. The Labute approximate surface area is 124 Å². The zero-order valence-electron chi connectivity index (χ0n) is 12.4. The normalized spacial score (nSPS) is 11.2. The molecular weight excluding hydrogens is 270 g/mol. The Balaban J connectivity index is 1.91. The minimum Gasteiger partial charge on any atom is -0.436 e. The molecule has 0 aliphatic carbocycles. The molecule has 1 N–H and O–H groups in total. The molecule has 0 unspecified atom stereocenters. The van der Waals surface area contributed by atoms with Crippen LogP contribution in [0.1, 0.15) is 30.9 Å². The lowest BCUT2D eigenvalue weighted by molar-refractivity contribution is 0.431. The van der Waals surface area contributed by atoms with Gasteiger partial charge in [-0.05, 0) is 49.7 Å². The Morgan fingerprint density at radius 1 is 1.30 bits per heavy atom. The van der Waals surface area contributed by atoms with Crippen LogP contribution < -0.4 is 5.32 Å². The van der Waals surface area contributed by atoms with E-state index < -0.39 is 0 Å². The molecule has 5 heteroatoms. The zero-order valence-corrected chi connectivity index (χ0v) is 13.3. The van der Waals surface area contributed by atoms with Gasteiger partial charge in [-0.15, -0.1) is 0 Å². The van der Waals surface area contributed by atoms with Crippen LogP contribution in [0.3, 0.4) is 0 Å². The van der Waals surface area contributed by atoms with Crippen LogP contribution in [0.4, 0.5) is 0 Å². The summed E-state index contributed by atoms with van der Waals surface area (Å²) in [5, 5.41) is 4.96. The standard InChI is InChI=1S/C15H21N3OS/c1-10(2)7-16-8-13-5-6-14(17-9-13)20-15-18-11(3)12(4)19-15/h5-6,9-10,16H,7-8H2,1-4H3. The van der Waals surface area contributed by atoms with Crippen molar-refractivity contribution >= 4 is 11.8 Å². The molecule has 0 spiro atoms. The maximum atomic E-state index is 5.54. The monoisotopic (exact) mass is 291 g/mol. The summed E-state index contributed by atoms with van der Waals surface area (Å²) in [6.07, 6.45) is 1.90. The summed E-state index contributed by atoms with van der Waals surface area (Å²) in [5.74, 6) is 1.52. The van der Waals surface area contributed by atoms with Gasteiger partial charge in [0.25, 0.3) is 5.22 Å². The SMILES string of the molecule is Cc1nc(Sc2ccc(CNCC(C)C)cn2)oc1C. The van der Waals surface area contributed by atoms with Crippen LogP contribution in [0.5, 0.6) is 0 Å². The predicted molar refractivity (Wildman–Crippen MR) is 80.9 cm³/mol. The highest BCUT2D eigenvalue weighted by molar-refractivity contribution is 7.99. The summed E-state index contributed by atoms with van der Waals surface area (Å²) >= 11 is 1.45. The predicted octanol–water partition coefficient (Wildman–Crippen LogP) is 3.58. The summed E-state index contributed by atoms with van der Waals surface area (Å²) < 4.78 is 5.54. The van der Waals surface area contributed by atoms with Crippen molar-refractivity contribution in [3.05, 3.63) is 35.3 Å². The number of aryl methyl sites for hydroxylation is 2. The van der Waals surface area contributed by atoms with Crippen LogP contribution in [0.25, 0.3) is 0 Å². The van der Waals surface area contributed by atoms with Gasteiger partial charge in [0.05, 0.1) is 5.69 Å². The van der Waals surface area contributed by atoms with E-state index in [0.717, 1.165) is 29.6 Å². The van der Waals surface area contributed by atoms with Gasteiger partial charge in [-0.3, -0.25) is 0 Å². The Morgan fingerprint density at radius 2 is 2.10 bits per heavy atom. The average Bonchev–Trinajstić information content (AvgIpc) is 2.70. The summed E-state index contributed by atoms with van der Waals surface area (Å²) in [5.41, 5.74) is 2.12. The molecule has 2 heterocycles. The molecule has 0 fully saturated rings. The first-order chi connectivity index (χ1) is 9.54. The molecule has 0 aliphatic rings. The lowest BCUT2D eigenvalue weighted by atomic mass is 10.2. The van der Waals surface area contributed by atoms with Gasteiger partial charge in [0.1, 0.15) is 10.8 Å². The van der Waals surface area contributed by atoms with E-state index in [2.05, 4.69) is 35.2 Å². The fourth-order valence-electron chi connectivity index (χ4n) is 1.66. The van der Waals surface area contributed by atoms with E-state index in [1.165, 1.54) is 17.3 Å². The van der Waals surface area contributed by atoms with E-state index >= 15 is 0 Å². The molecule has 4 nitrogen and oxygen atoms in total. The van der Waals surface area contributed by atoms with Crippen molar-refractivity contribution < 1.29 is 4.42 Å². The van der Waals surface area contributed by atoms with E-state index in [0.29, 0.717) is 11.1 Å². The van der Waals surface area contributed by atoms with Crippen LogP contribution in [0, 0.1) is 19.8 Å². The second-order valence-corrected chi connectivity index (χ2v) is 6.22. The van der Waals surface area contributed by atoms with Gasteiger partial charge in [-0.1, -0.05) is 19.9 Å². The summed E-state index contributed by atoms with van der Waals surface area (Å²) in [6.45, 7) is 10.1. The van der Waals surface area contributed by atoms with Crippen molar-refractivity contribution in [2.75, 3.05) is 6.54 Å². The van der Waals surface area contributed by atoms with Gasteiger partial charge in [0.15, 0.2) is 0 Å². The lowest BCUT2D eigenvalue weighted by Gasteiger charge is -2.07. The molecule has 0 aliphatic heterocycles. The Hall–Kier alpha value is -1.33. The van der Waals surface area contributed by atoms with Crippen molar-refractivity contribution in [1.29, 1.82) is 0 Å². The Morgan fingerprint density at radius 3 is 2.65 bits per heavy atom. The number of pyridine rings is 1. The molecule has 0 radical (unpaired) electrons. The summed E-state index contributed by atoms with van der Waals surface area (Å²) in [6, 6.07) is 4.09. The number of rotatable bonds is 6. The third-order valence-electron chi connectivity index (χ3n) is 2.88. The number of nitrogens with one attached hydrogen (secondary N) is 1. The topological polar surface area (TPSA) is 51.0 Å². The second-order valence-electron chi connectivity index (χ2n) is 5.25. The number of oxazole rings is 1. The minimum atomic E-state index is 0.651. The van der Waals surface area contributed by atoms with Gasteiger partial charge in [-0.2, -0.15) is 0 Å². The minimum absolute atomic E-state index is 0.651. The molecule has 0 amide bonds. The highest BCUT2D eigenvalue weighted by Crippen LogP contribution is 2.26. The quantitative estimate of drug-likeness (QED) is 0.881. The summed E-state index contributed by atoms with van der Waals surface area (Å²) in [4.78, 5) is 8.77. The molecule has 2 rings (SSSR count). The van der Waals surface area contributed by atoms with Gasteiger partial charge >= 0.3 is 0 Å². The summed E-state index contributed by atoms with van der Waals surface area (Å²) in [7, 11) is 0. The first kappa shape index (κ1) is 15.1. The van der Waals surface area contributed by atoms with Crippen molar-refractivity contribution in [1.82, 2.24) is 15.3 Å². The molecule has 20 heavy (non-hydrogen) atoms. The third kappa shape index (κ3) is 4.35. The highest BCUT2D eigenvalue weighted by Gasteiger charge is 2.08. The van der Waals surface area contributed by atoms with Gasteiger partial charge in [0.2, 0.25) is 0 Å². The number of hydrogen-bond donors (Lipinski definition) is 1. The maximum absolute atomic E-state index is 5.54. The van der Waals surface area contributed by atoms with E-state index in [1.54, 1.807) is 0 Å². The van der Waals surface area contributed by atoms with E-state index in [1.807, 2.05) is 26.1 Å². The fraction of sp³-hybridized carbons (Fsp3) is 0.467.